The van der Waals surface area contributed by atoms with Crippen LogP contribution >= 0.6 is 0 Å². The summed E-state index contributed by atoms with van der Waals surface area (Å²) < 4.78 is 0. The number of nitriles is 1. The quantitative estimate of drug-likeness (QED) is 0.683. The van der Waals surface area contributed by atoms with E-state index in [9.17, 15) is 0 Å². The van der Waals surface area contributed by atoms with E-state index in [1.54, 1.807) is 6.07 Å². The molecular weight excluding hydrogens is 168 g/mol. The molecule has 0 bridgehead atoms. The van der Waals surface area contributed by atoms with E-state index in [-0.39, 0.29) is 6.47 Å². The van der Waals surface area contributed by atoms with Gasteiger partial charge in [-0.3, -0.25) is 4.79 Å². The van der Waals surface area contributed by atoms with Gasteiger partial charge in [0, 0.05) is 6.92 Å². The monoisotopic (exact) mass is 188 g/mol. The van der Waals surface area contributed by atoms with Crippen molar-refractivity contribution in [1.82, 2.24) is 4.90 Å². The van der Waals surface area contributed by atoms with Crippen LogP contribution in [0, 0.1) is 11.3 Å². The minimum absolute atomic E-state index is 0.250. The fourth-order valence-electron chi connectivity index (χ4n) is 0.671. The number of carboxylic acid groups (broad SMARTS) is 1. The first-order valence-electron chi connectivity index (χ1n) is 4.29. The zero-order valence-corrected chi connectivity index (χ0v) is 8.95. The van der Waals surface area contributed by atoms with E-state index < -0.39 is 0 Å². The molecule has 4 heteroatoms. The van der Waals surface area contributed by atoms with Gasteiger partial charge in [0.2, 0.25) is 0 Å². The molecule has 0 aromatic rings. The maximum absolute atomic E-state index is 8.36. The first-order chi connectivity index (χ1) is 6.17. The lowest BCUT2D eigenvalue weighted by Crippen LogP contribution is -2.21. The van der Waals surface area contributed by atoms with Gasteiger partial charge in [-0.1, -0.05) is 20.8 Å². The van der Waals surface area contributed by atoms with Crippen LogP contribution in [0.5, 0.6) is 0 Å². The molecule has 0 fully saturated rings. The predicted molar refractivity (Wildman–Crippen MR) is 53.4 cm³/mol. The summed E-state index contributed by atoms with van der Waals surface area (Å²) in [4.78, 5) is 10.7. The van der Waals surface area contributed by atoms with Crippen LogP contribution in [0.4, 0.5) is 0 Å². The smallest absolute Gasteiger partial charge is 0.290 e. The lowest BCUT2D eigenvalue weighted by Gasteiger charge is -2.13. The van der Waals surface area contributed by atoms with E-state index in [0.717, 1.165) is 0 Å². The molecule has 0 spiro atoms. The summed E-state index contributed by atoms with van der Waals surface area (Å²) in [7, 11) is 0. The first-order valence-corrected chi connectivity index (χ1v) is 4.29. The molecule has 0 heterocycles. The van der Waals surface area contributed by atoms with Crippen molar-refractivity contribution in [3.63, 3.8) is 0 Å². The lowest BCUT2D eigenvalue weighted by molar-refractivity contribution is -0.122. The van der Waals surface area contributed by atoms with Crippen molar-refractivity contribution in [2.45, 2.75) is 27.7 Å². The zero-order chi connectivity index (χ0) is 11.1. The highest BCUT2D eigenvalue weighted by Crippen LogP contribution is 1.81. The van der Waals surface area contributed by atoms with Crippen molar-refractivity contribution in [1.29, 1.82) is 5.26 Å². The first kappa shape index (κ1) is 17.9. The Bertz CT molecular complexity index is 112. The van der Waals surface area contributed by atoms with Gasteiger partial charge in [-0.15, -0.1) is 0 Å². The maximum Gasteiger partial charge on any atom is 0.290 e. The van der Waals surface area contributed by atoms with Crippen LogP contribution in [0.1, 0.15) is 27.7 Å². The molecule has 0 unspecified atom stereocenters. The molecule has 0 aliphatic rings. The van der Waals surface area contributed by atoms with E-state index >= 15 is 0 Å². The minimum Gasteiger partial charge on any atom is -0.483 e. The second-order valence-corrected chi connectivity index (χ2v) is 1.95. The standard InChI is InChI=1S/C6H15N.C2H3N.CH2O2/c1-4-7(5-2)6-3;1-2-3;2-1-3/h4-6H2,1-3H3;1H3;1H,(H,2,3). The van der Waals surface area contributed by atoms with Crippen molar-refractivity contribution in [2.24, 2.45) is 0 Å². The summed E-state index contributed by atoms with van der Waals surface area (Å²) in [6.07, 6.45) is 0. The van der Waals surface area contributed by atoms with Crippen molar-refractivity contribution >= 4 is 6.47 Å². The molecule has 0 aromatic heterocycles. The van der Waals surface area contributed by atoms with Gasteiger partial charge in [-0.05, 0) is 19.6 Å². The van der Waals surface area contributed by atoms with Crippen molar-refractivity contribution in [2.75, 3.05) is 19.6 Å². The number of hydrogen-bond acceptors (Lipinski definition) is 3. The van der Waals surface area contributed by atoms with Gasteiger partial charge in [0.15, 0.2) is 0 Å². The second-order valence-electron chi connectivity index (χ2n) is 1.95. The summed E-state index contributed by atoms with van der Waals surface area (Å²) in [5, 5.41) is 14.2. The van der Waals surface area contributed by atoms with Crippen LogP contribution in [0.25, 0.3) is 0 Å². The third-order valence-electron chi connectivity index (χ3n) is 1.34. The van der Waals surface area contributed by atoms with Crippen LogP contribution in [0.3, 0.4) is 0 Å². The Morgan fingerprint density at radius 3 is 1.46 bits per heavy atom. The highest BCUT2D eigenvalue weighted by Gasteiger charge is 1.89. The molecular formula is C9H20N2O2. The van der Waals surface area contributed by atoms with Gasteiger partial charge in [0.25, 0.3) is 6.47 Å². The molecule has 13 heavy (non-hydrogen) atoms. The molecule has 1 N–H and O–H groups in total. The van der Waals surface area contributed by atoms with Gasteiger partial charge in [0.1, 0.15) is 0 Å². The highest BCUT2D eigenvalue weighted by atomic mass is 16.3. The minimum atomic E-state index is -0.250. The van der Waals surface area contributed by atoms with Gasteiger partial charge in [0.05, 0.1) is 6.07 Å². The number of carbonyl (C=O) groups is 1. The van der Waals surface area contributed by atoms with Gasteiger partial charge >= 0.3 is 0 Å². The van der Waals surface area contributed by atoms with Crippen LogP contribution in [0.15, 0.2) is 0 Å². The summed E-state index contributed by atoms with van der Waals surface area (Å²) in [5.74, 6) is 0. The Labute approximate surface area is 80.8 Å². The summed E-state index contributed by atoms with van der Waals surface area (Å²) >= 11 is 0. The molecule has 0 amide bonds. The second kappa shape index (κ2) is 22.4. The average Bonchev–Trinajstić information content (AvgIpc) is 2.10. The van der Waals surface area contributed by atoms with Gasteiger partial charge < -0.3 is 10.0 Å². The zero-order valence-electron chi connectivity index (χ0n) is 8.95. The molecule has 0 aliphatic heterocycles. The van der Waals surface area contributed by atoms with Gasteiger partial charge in [-0.2, -0.15) is 5.26 Å². The van der Waals surface area contributed by atoms with Crippen LogP contribution < -0.4 is 0 Å². The molecule has 0 rings (SSSR count). The van der Waals surface area contributed by atoms with Crippen molar-refractivity contribution in [3.8, 4) is 6.07 Å². The molecule has 4 nitrogen and oxygen atoms in total. The SMILES string of the molecule is CC#N.CCN(CC)CC.O=CO. The molecule has 0 radical (unpaired) electrons. The lowest BCUT2D eigenvalue weighted by atomic mass is 10.5. The van der Waals surface area contributed by atoms with E-state index in [1.807, 2.05) is 0 Å². The van der Waals surface area contributed by atoms with E-state index in [2.05, 4.69) is 25.7 Å². The van der Waals surface area contributed by atoms with E-state index in [1.165, 1.54) is 26.6 Å². The van der Waals surface area contributed by atoms with E-state index in [4.69, 9.17) is 15.2 Å². The summed E-state index contributed by atoms with van der Waals surface area (Å²) in [6.45, 7) is 11.3. The number of nitrogens with zero attached hydrogens (tertiary/aromatic N) is 2. The highest BCUT2D eigenvalue weighted by molar-refractivity contribution is 5.32. The molecule has 0 saturated carbocycles. The third-order valence-corrected chi connectivity index (χ3v) is 1.34. The molecule has 0 aromatic carbocycles. The number of rotatable bonds is 3. The van der Waals surface area contributed by atoms with Gasteiger partial charge in [-0.25, -0.2) is 0 Å². The normalized spacial score (nSPS) is 7.08. The average molecular weight is 188 g/mol. The van der Waals surface area contributed by atoms with Crippen LogP contribution in [-0.2, 0) is 4.79 Å². The fraction of sp³-hybridized carbons (Fsp3) is 0.778. The molecule has 0 saturated heterocycles. The van der Waals surface area contributed by atoms with E-state index in [0.29, 0.717) is 0 Å². The Balaban J connectivity index is -0.000000140. The maximum atomic E-state index is 8.36. The Kier molecular flexibility index (Phi) is 30.8. The number of hydrogen-bond donors (Lipinski definition) is 1. The van der Waals surface area contributed by atoms with Crippen molar-refractivity contribution in [3.05, 3.63) is 0 Å². The molecule has 0 aliphatic carbocycles. The predicted octanol–water partition coefficient (Wildman–Crippen LogP) is 1.58. The molecule has 0 atom stereocenters. The Morgan fingerprint density at radius 1 is 1.31 bits per heavy atom. The topological polar surface area (TPSA) is 64.3 Å². The van der Waals surface area contributed by atoms with Crippen molar-refractivity contribution < 1.29 is 9.90 Å². The third kappa shape index (κ3) is 35.9. The van der Waals surface area contributed by atoms with Crippen LogP contribution in [-0.4, -0.2) is 36.1 Å². The molecule has 78 valence electrons. The largest absolute Gasteiger partial charge is 0.483 e. The summed E-state index contributed by atoms with van der Waals surface area (Å²) in [5.41, 5.74) is 0. The Morgan fingerprint density at radius 2 is 1.46 bits per heavy atom. The Hall–Kier alpha value is -1.08. The summed E-state index contributed by atoms with van der Waals surface area (Å²) in [6, 6.07) is 1.75. The van der Waals surface area contributed by atoms with Crippen LogP contribution in [0.2, 0.25) is 0 Å². The fourth-order valence-corrected chi connectivity index (χ4v) is 0.671.